The predicted octanol–water partition coefficient (Wildman–Crippen LogP) is 3.89. The van der Waals surface area contributed by atoms with Crippen molar-refractivity contribution in [1.82, 2.24) is 0 Å². The lowest BCUT2D eigenvalue weighted by atomic mass is 9.86. The van der Waals surface area contributed by atoms with E-state index >= 15 is 0 Å². The summed E-state index contributed by atoms with van der Waals surface area (Å²) >= 11 is 0. The van der Waals surface area contributed by atoms with Gasteiger partial charge in [-0.15, -0.1) is 0 Å². The highest BCUT2D eigenvalue weighted by molar-refractivity contribution is 5.38. The maximum absolute atomic E-state index is 5.99. The third-order valence-electron chi connectivity index (χ3n) is 3.09. The quantitative estimate of drug-likeness (QED) is 0.773. The second kappa shape index (κ2) is 5.09. The van der Waals surface area contributed by atoms with E-state index in [4.69, 9.17) is 9.47 Å². The smallest absolute Gasteiger partial charge is 0.199 e. The number of hydrogen-bond acceptors (Lipinski definition) is 2. The van der Waals surface area contributed by atoms with E-state index in [0.717, 1.165) is 25.2 Å². The Morgan fingerprint density at radius 3 is 2.59 bits per heavy atom. The Balaban J connectivity index is 2.14. The number of ether oxygens (including phenoxy) is 2. The first-order chi connectivity index (χ1) is 8.07. The monoisotopic (exact) mass is 234 g/mol. The molecule has 1 heterocycles. The molecule has 0 N–H and O–H groups in total. The summed E-state index contributed by atoms with van der Waals surface area (Å²) < 4.78 is 11.6. The van der Waals surface area contributed by atoms with E-state index in [9.17, 15) is 0 Å². The summed E-state index contributed by atoms with van der Waals surface area (Å²) in [6, 6.07) is 8.26. The van der Waals surface area contributed by atoms with Crippen LogP contribution in [0.2, 0.25) is 0 Å². The van der Waals surface area contributed by atoms with Gasteiger partial charge in [0.25, 0.3) is 0 Å². The summed E-state index contributed by atoms with van der Waals surface area (Å²) in [5, 5.41) is 0. The summed E-state index contributed by atoms with van der Waals surface area (Å²) in [7, 11) is 0. The molecule has 1 aromatic rings. The van der Waals surface area contributed by atoms with Gasteiger partial charge in [-0.25, -0.2) is 0 Å². The summed E-state index contributed by atoms with van der Waals surface area (Å²) in [6.45, 7) is 7.44. The summed E-state index contributed by atoms with van der Waals surface area (Å²) in [6.07, 6.45) is 3.29. The minimum atomic E-state index is -0.0627. The van der Waals surface area contributed by atoms with Crippen LogP contribution in [0.25, 0.3) is 0 Å². The van der Waals surface area contributed by atoms with Gasteiger partial charge < -0.3 is 9.47 Å². The van der Waals surface area contributed by atoms with E-state index in [1.165, 1.54) is 12.0 Å². The van der Waals surface area contributed by atoms with Crippen molar-refractivity contribution in [2.24, 2.45) is 0 Å². The molecule has 2 heteroatoms. The first-order valence-electron chi connectivity index (χ1n) is 6.45. The number of para-hydroxylation sites is 1. The van der Waals surface area contributed by atoms with Crippen LogP contribution < -0.4 is 4.74 Å². The standard InChI is InChI=1S/C15H22O2/c1-15(2,3)12-8-4-5-9-13(12)17-14-10-6-7-11-16-14/h4-5,8-9,14H,6-7,10-11H2,1-3H3. The van der Waals surface area contributed by atoms with Crippen LogP contribution in [-0.2, 0) is 10.2 Å². The fourth-order valence-corrected chi connectivity index (χ4v) is 2.13. The molecule has 1 aliphatic heterocycles. The lowest BCUT2D eigenvalue weighted by molar-refractivity contribution is -0.106. The van der Waals surface area contributed by atoms with Gasteiger partial charge in [0.2, 0.25) is 0 Å². The van der Waals surface area contributed by atoms with Crippen LogP contribution in [0, 0.1) is 0 Å². The van der Waals surface area contributed by atoms with Gasteiger partial charge >= 0.3 is 0 Å². The summed E-state index contributed by atoms with van der Waals surface area (Å²) in [5.74, 6) is 0.965. The molecule has 2 nitrogen and oxygen atoms in total. The molecule has 1 atom stereocenters. The van der Waals surface area contributed by atoms with E-state index in [1.807, 2.05) is 12.1 Å². The topological polar surface area (TPSA) is 18.5 Å². The van der Waals surface area contributed by atoms with Crippen molar-refractivity contribution in [3.63, 3.8) is 0 Å². The highest BCUT2D eigenvalue weighted by atomic mass is 16.7. The first-order valence-corrected chi connectivity index (χ1v) is 6.45. The van der Waals surface area contributed by atoms with Crippen molar-refractivity contribution in [3.05, 3.63) is 29.8 Å². The van der Waals surface area contributed by atoms with Crippen LogP contribution in [0.15, 0.2) is 24.3 Å². The van der Waals surface area contributed by atoms with E-state index in [1.54, 1.807) is 0 Å². The van der Waals surface area contributed by atoms with Gasteiger partial charge in [0, 0.05) is 6.42 Å². The molecule has 1 fully saturated rings. The largest absolute Gasteiger partial charge is 0.465 e. The van der Waals surface area contributed by atoms with Gasteiger partial charge in [-0.2, -0.15) is 0 Å². The zero-order valence-electron chi connectivity index (χ0n) is 11.0. The molecule has 1 saturated heterocycles. The average molecular weight is 234 g/mol. The maximum atomic E-state index is 5.99. The first kappa shape index (κ1) is 12.4. The Labute approximate surface area is 104 Å². The van der Waals surface area contributed by atoms with E-state index < -0.39 is 0 Å². The third kappa shape index (κ3) is 3.22. The van der Waals surface area contributed by atoms with Crippen LogP contribution in [0.4, 0.5) is 0 Å². The Kier molecular flexibility index (Phi) is 3.72. The average Bonchev–Trinajstić information content (AvgIpc) is 2.30. The maximum Gasteiger partial charge on any atom is 0.199 e. The van der Waals surface area contributed by atoms with Crippen molar-refractivity contribution >= 4 is 0 Å². The van der Waals surface area contributed by atoms with Gasteiger partial charge in [0.15, 0.2) is 6.29 Å². The molecule has 0 amide bonds. The molecule has 0 spiro atoms. The molecule has 1 aromatic carbocycles. The minimum Gasteiger partial charge on any atom is -0.465 e. The van der Waals surface area contributed by atoms with Crippen molar-refractivity contribution in [3.8, 4) is 5.75 Å². The molecule has 94 valence electrons. The fraction of sp³-hybridized carbons (Fsp3) is 0.600. The minimum absolute atomic E-state index is 0.0627. The van der Waals surface area contributed by atoms with Crippen LogP contribution in [0.5, 0.6) is 5.75 Å². The molecule has 0 aromatic heterocycles. The van der Waals surface area contributed by atoms with Gasteiger partial charge in [0.05, 0.1) is 6.61 Å². The Morgan fingerprint density at radius 1 is 1.18 bits per heavy atom. The summed E-state index contributed by atoms with van der Waals surface area (Å²) in [4.78, 5) is 0. The van der Waals surface area contributed by atoms with E-state index in [-0.39, 0.29) is 11.7 Å². The molecule has 1 unspecified atom stereocenters. The van der Waals surface area contributed by atoms with Crippen LogP contribution in [0.1, 0.15) is 45.6 Å². The molecule has 2 rings (SSSR count). The van der Waals surface area contributed by atoms with Crippen molar-refractivity contribution < 1.29 is 9.47 Å². The Hall–Kier alpha value is -1.02. The van der Waals surface area contributed by atoms with Crippen molar-refractivity contribution in [2.75, 3.05) is 6.61 Å². The molecule has 0 bridgehead atoms. The third-order valence-corrected chi connectivity index (χ3v) is 3.09. The predicted molar refractivity (Wildman–Crippen MR) is 69.4 cm³/mol. The SMILES string of the molecule is CC(C)(C)c1ccccc1OC1CCCCO1. The molecular weight excluding hydrogens is 212 g/mol. The van der Waals surface area contributed by atoms with Crippen molar-refractivity contribution in [1.29, 1.82) is 0 Å². The molecule has 0 aliphatic carbocycles. The van der Waals surface area contributed by atoms with Gasteiger partial charge in [-0.05, 0) is 29.9 Å². The molecule has 1 aliphatic rings. The van der Waals surface area contributed by atoms with Crippen LogP contribution in [-0.4, -0.2) is 12.9 Å². The Bertz CT molecular complexity index is 359. The number of rotatable bonds is 2. The lowest BCUT2D eigenvalue weighted by Crippen LogP contribution is -2.26. The fourth-order valence-electron chi connectivity index (χ4n) is 2.13. The second-order valence-corrected chi connectivity index (χ2v) is 5.66. The lowest BCUT2D eigenvalue weighted by Gasteiger charge is -2.28. The second-order valence-electron chi connectivity index (χ2n) is 5.66. The summed E-state index contributed by atoms with van der Waals surface area (Å²) in [5.41, 5.74) is 1.35. The highest BCUT2D eigenvalue weighted by Gasteiger charge is 2.21. The molecule has 0 radical (unpaired) electrons. The van der Waals surface area contributed by atoms with Gasteiger partial charge in [-0.1, -0.05) is 39.0 Å². The number of benzene rings is 1. The molecular formula is C15H22O2. The van der Waals surface area contributed by atoms with E-state index in [0.29, 0.717) is 0 Å². The van der Waals surface area contributed by atoms with Gasteiger partial charge in [0.1, 0.15) is 5.75 Å². The van der Waals surface area contributed by atoms with Gasteiger partial charge in [-0.3, -0.25) is 0 Å². The van der Waals surface area contributed by atoms with Crippen molar-refractivity contribution in [2.45, 2.75) is 51.7 Å². The normalized spacial score (nSPS) is 21.2. The zero-order valence-corrected chi connectivity index (χ0v) is 11.0. The Morgan fingerprint density at radius 2 is 1.94 bits per heavy atom. The van der Waals surface area contributed by atoms with Crippen LogP contribution >= 0.6 is 0 Å². The molecule has 0 saturated carbocycles. The highest BCUT2D eigenvalue weighted by Crippen LogP contribution is 2.32. The zero-order chi connectivity index (χ0) is 12.3. The number of hydrogen-bond donors (Lipinski definition) is 0. The molecule has 17 heavy (non-hydrogen) atoms. The van der Waals surface area contributed by atoms with E-state index in [2.05, 4.69) is 32.9 Å². The van der Waals surface area contributed by atoms with Crippen LogP contribution in [0.3, 0.4) is 0 Å².